The van der Waals surface area contributed by atoms with Gasteiger partial charge in [0.15, 0.2) is 11.5 Å². The molecule has 0 aliphatic heterocycles. The summed E-state index contributed by atoms with van der Waals surface area (Å²) in [5, 5.41) is 7.94. The summed E-state index contributed by atoms with van der Waals surface area (Å²) in [4.78, 5) is 11.3. The second-order valence-electron chi connectivity index (χ2n) is 3.88. The number of aromatic nitrogens is 3. The van der Waals surface area contributed by atoms with Crippen molar-refractivity contribution in [1.82, 2.24) is 15.0 Å². The van der Waals surface area contributed by atoms with Crippen LogP contribution in [-0.4, -0.2) is 20.8 Å². The molecule has 1 heterocycles. The largest absolute Gasteiger partial charge is 0.293 e. The lowest BCUT2D eigenvalue weighted by molar-refractivity contribution is 0.101. The Morgan fingerprint density at radius 1 is 1.35 bits per heavy atom. The van der Waals surface area contributed by atoms with Gasteiger partial charge in [0.05, 0.1) is 11.4 Å². The van der Waals surface area contributed by atoms with Crippen LogP contribution in [0.1, 0.15) is 28.7 Å². The van der Waals surface area contributed by atoms with Crippen LogP contribution in [0.3, 0.4) is 0 Å². The Morgan fingerprint density at radius 3 is 2.65 bits per heavy atom. The molecule has 88 valence electrons. The highest BCUT2D eigenvalue weighted by atomic mass is 79.9. The van der Waals surface area contributed by atoms with E-state index in [1.165, 1.54) is 6.92 Å². The Kier molecular flexibility index (Phi) is 3.11. The van der Waals surface area contributed by atoms with Gasteiger partial charge < -0.3 is 0 Å². The quantitative estimate of drug-likeness (QED) is 0.800. The van der Waals surface area contributed by atoms with E-state index in [2.05, 4.69) is 26.2 Å². The number of benzene rings is 1. The average molecular weight is 294 g/mol. The summed E-state index contributed by atoms with van der Waals surface area (Å²) in [6.07, 6.45) is 0. The van der Waals surface area contributed by atoms with Crippen molar-refractivity contribution in [3.05, 3.63) is 39.6 Å². The molecule has 0 atom stereocenters. The first-order chi connectivity index (χ1) is 8.02. The zero-order chi connectivity index (χ0) is 12.6. The predicted octanol–water partition coefficient (Wildman–Crippen LogP) is 2.85. The van der Waals surface area contributed by atoms with Gasteiger partial charge in [-0.05, 0) is 31.5 Å². The molecule has 1 aromatic heterocycles. The summed E-state index contributed by atoms with van der Waals surface area (Å²) in [6.45, 7) is 5.33. The van der Waals surface area contributed by atoms with Gasteiger partial charge in [-0.2, -0.15) is 0 Å². The van der Waals surface area contributed by atoms with Crippen molar-refractivity contribution < 1.29 is 4.79 Å². The van der Waals surface area contributed by atoms with Crippen molar-refractivity contribution >= 4 is 21.7 Å². The Hall–Kier alpha value is -1.49. The molecule has 1 aromatic carbocycles. The van der Waals surface area contributed by atoms with E-state index in [0.29, 0.717) is 5.69 Å². The molecule has 0 unspecified atom stereocenters. The Balaban J connectivity index is 2.62. The number of carbonyl (C=O) groups is 1. The monoisotopic (exact) mass is 293 g/mol. The molecule has 0 saturated heterocycles. The summed E-state index contributed by atoms with van der Waals surface area (Å²) < 4.78 is 2.70. The number of hydrogen-bond acceptors (Lipinski definition) is 3. The number of hydrogen-bond donors (Lipinski definition) is 0. The molecule has 0 amide bonds. The van der Waals surface area contributed by atoms with Gasteiger partial charge in [-0.15, -0.1) is 5.10 Å². The SMILES string of the molecule is CC(=O)c1nnn(-c2cccc(Br)c2C)c1C. The standard InChI is InChI=1S/C12H12BrN3O/c1-7-10(13)5-4-6-11(7)16-8(2)12(9(3)17)14-15-16/h4-6H,1-3H3. The second kappa shape index (κ2) is 4.41. The lowest BCUT2D eigenvalue weighted by Crippen LogP contribution is -2.03. The summed E-state index contributed by atoms with van der Waals surface area (Å²) in [5.41, 5.74) is 3.18. The second-order valence-corrected chi connectivity index (χ2v) is 4.73. The first kappa shape index (κ1) is 12.0. The topological polar surface area (TPSA) is 47.8 Å². The zero-order valence-corrected chi connectivity index (χ0v) is 11.4. The van der Waals surface area contributed by atoms with Crippen molar-refractivity contribution in [1.29, 1.82) is 0 Å². The molecule has 17 heavy (non-hydrogen) atoms. The van der Waals surface area contributed by atoms with E-state index in [4.69, 9.17) is 0 Å². The number of Topliss-reactive ketones (excluding diaryl/α,β-unsaturated/α-hetero) is 1. The number of halogens is 1. The summed E-state index contributed by atoms with van der Waals surface area (Å²) in [6, 6.07) is 5.85. The van der Waals surface area contributed by atoms with Crippen LogP contribution in [0.15, 0.2) is 22.7 Å². The molecule has 0 saturated carbocycles. The van der Waals surface area contributed by atoms with Crippen LogP contribution in [0.2, 0.25) is 0 Å². The van der Waals surface area contributed by atoms with Gasteiger partial charge in [-0.25, -0.2) is 4.68 Å². The number of ketones is 1. The van der Waals surface area contributed by atoms with Crippen LogP contribution in [0.4, 0.5) is 0 Å². The summed E-state index contributed by atoms with van der Waals surface area (Å²) in [5.74, 6) is -0.0681. The van der Waals surface area contributed by atoms with Crippen molar-refractivity contribution in [2.24, 2.45) is 0 Å². The molecular weight excluding hydrogens is 282 g/mol. The highest BCUT2D eigenvalue weighted by Crippen LogP contribution is 2.23. The van der Waals surface area contributed by atoms with E-state index in [9.17, 15) is 4.79 Å². The fourth-order valence-electron chi connectivity index (χ4n) is 1.71. The van der Waals surface area contributed by atoms with E-state index >= 15 is 0 Å². The van der Waals surface area contributed by atoms with E-state index in [1.54, 1.807) is 4.68 Å². The van der Waals surface area contributed by atoms with Crippen LogP contribution in [0.25, 0.3) is 5.69 Å². The molecule has 0 aliphatic rings. The molecule has 2 rings (SSSR count). The predicted molar refractivity (Wildman–Crippen MR) is 68.5 cm³/mol. The molecule has 2 aromatic rings. The van der Waals surface area contributed by atoms with Crippen LogP contribution in [0.5, 0.6) is 0 Å². The Labute approximate surface area is 108 Å². The van der Waals surface area contributed by atoms with Crippen molar-refractivity contribution in [2.75, 3.05) is 0 Å². The molecule has 0 aliphatic carbocycles. The highest BCUT2D eigenvalue weighted by Gasteiger charge is 2.15. The maximum Gasteiger partial charge on any atom is 0.181 e. The fourth-order valence-corrected chi connectivity index (χ4v) is 2.06. The van der Waals surface area contributed by atoms with E-state index < -0.39 is 0 Å². The average Bonchev–Trinajstić information content (AvgIpc) is 2.64. The highest BCUT2D eigenvalue weighted by molar-refractivity contribution is 9.10. The van der Waals surface area contributed by atoms with Crippen molar-refractivity contribution in [3.8, 4) is 5.69 Å². The minimum atomic E-state index is -0.0681. The van der Waals surface area contributed by atoms with E-state index in [-0.39, 0.29) is 5.78 Å². The third-order valence-corrected chi connectivity index (χ3v) is 3.55. The third-order valence-electron chi connectivity index (χ3n) is 2.70. The van der Waals surface area contributed by atoms with Crippen LogP contribution < -0.4 is 0 Å². The molecule has 0 radical (unpaired) electrons. The lowest BCUT2D eigenvalue weighted by Gasteiger charge is -2.08. The van der Waals surface area contributed by atoms with Crippen LogP contribution in [-0.2, 0) is 0 Å². The molecule has 5 heteroatoms. The summed E-state index contributed by atoms with van der Waals surface area (Å²) in [7, 11) is 0. The maximum absolute atomic E-state index is 11.3. The van der Waals surface area contributed by atoms with Gasteiger partial charge in [0.25, 0.3) is 0 Å². The van der Waals surface area contributed by atoms with E-state index in [0.717, 1.165) is 21.4 Å². The normalized spacial score (nSPS) is 10.6. The zero-order valence-electron chi connectivity index (χ0n) is 9.86. The van der Waals surface area contributed by atoms with Gasteiger partial charge in [-0.1, -0.05) is 27.2 Å². The molecule has 0 fully saturated rings. The molecule has 4 nitrogen and oxygen atoms in total. The smallest absolute Gasteiger partial charge is 0.181 e. The van der Waals surface area contributed by atoms with Gasteiger partial charge in [0, 0.05) is 11.4 Å². The van der Waals surface area contributed by atoms with Gasteiger partial charge in [0.2, 0.25) is 0 Å². The van der Waals surface area contributed by atoms with Gasteiger partial charge in [-0.3, -0.25) is 4.79 Å². The Bertz CT molecular complexity index is 589. The van der Waals surface area contributed by atoms with Gasteiger partial charge in [0.1, 0.15) is 0 Å². The van der Waals surface area contributed by atoms with Crippen molar-refractivity contribution in [3.63, 3.8) is 0 Å². The maximum atomic E-state index is 11.3. The molecule has 0 spiro atoms. The minimum absolute atomic E-state index is 0.0681. The lowest BCUT2D eigenvalue weighted by atomic mass is 10.2. The van der Waals surface area contributed by atoms with Crippen LogP contribution in [0, 0.1) is 13.8 Å². The van der Waals surface area contributed by atoms with Crippen LogP contribution >= 0.6 is 15.9 Å². The summed E-state index contributed by atoms with van der Waals surface area (Å²) >= 11 is 3.48. The molecule has 0 bridgehead atoms. The first-order valence-corrected chi connectivity index (χ1v) is 6.00. The molecule has 0 N–H and O–H groups in total. The number of nitrogens with zero attached hydrogens (tertiary/aromatic N) is 3. The minimum Gasteiger partial charge on any atom is -0.293 e. The van der Waals surface area contributed by atoms with Gasteiger partial charge >= 0.3 is 0 Å². The van der Waals surface area contributed by atoms with E-state index in [1.807, 2.05) is 32.0 Å². The molecular formula is C12H12BrN3O. The third kappa shape index (κ3) is 2.02. The number of carbonyl (C=O) groups excluding carboxylic acids is 1. The number of rotatable bonds is 2. The first-order valence-electron chi connectivity index (χ1n) is 5.21. The fraction of sp³-hybridized carbons (Fsp3) is 0.250. The Morgan fingerprint density at radius 2 is 2.06 bits per heavy atom. The van der Waals surface area contributed by atoms with Crippen molar-refractivity contribution in [2.45, 2.75) is 20.8 Å².